The van der Waals surface area contributed by atoms with Crippen molar-refractivity contribution in [3.8, 4) is 11.5 Å². The zero-order valence-electron chi connectivity index (χ0n) is 10.4. The van der Waals surface area contributed by atoms with E-state index in [4.69, 9.17) is 0 Å². The second-order valence-electron chi connectivity index (χ2n) is 5.55. The summed E-state index contributed by atoms with van der Waals surface area (Å²) in [6.07, 6.45) is 4.17. The molecule has 2 unspecified atom stereocenters. The van der Waals surface area contributed by atoms with Crippen molar-refractivity contribution in [2.75, 3.05) is 0 Å². The van der Waals surface area contributed by atoms with Crippen molar-refractivity contribution >= 4 is 8.07 Å². The van der Waals surface area contributed by atoms with Crippen molar-refractivity contribution in [3.05, 3.63) is 0 Å². The van der Waals surface area contributed by atoms with Gasteiger partial charge in [0.2, 0.25) is 0 Å². The molecule has 2 atom stereocenters. The highest BCUT2D eigenvalue weighted by atomic mass is 28.3. The smallest absolute Gasteiger partial charge is 0.129 e. The van der Waals surface area contributed by atoms with E-state index in [-0.39, 0.29) is 0 Å². The Bertz CT molecular complexity index is 261. The van der Waals surface area contributed by atoms with Gasteiger partial charge in [-0.05, 0) is 26.2 Å². The van der Waals surface area contributed by atoms with Gasteiger partial charge in [-0.15, -0.1) is 11.5 Å². The van der Waals surface area contributed by atoms with E-state index < -0.39 is 8.07 Å². The molecule has 1 N–H and O–H groups in total. The normalized spacial score (nSPS) is 27.5. The van der Waals surface area contributed by atoms with Crippen molar-refractivity contribution < 1.29 is 5.21 Å². The van der Waals surface area contributed by atoms with Crippen LogP contribution in [0, 0.1) is 11.5 Å². The van der Waals surface area contributed by atoms with Crippen LogP contribution in [0.4, 0.5) is 0 Å². The predicted octanol–water partition coefficient (Wildman–Crippen LogP) is 2.89. The molecule has 1 saturated heterocycles. The van der Waals surface area contributed by atoms with Gasteiger partial charge in [0.05, 0.1) is 0 Å². The standard InChI is InChI=1S/C12H23NOSi/c1-11-8-9-12(13(11)14)7-5-6-10-15(2,3)4/h11-12,14H,5,7-9H2,1-4H3. The summed E-state index contributed by atoms with van der Waals surface area (Å²) >= 11 is 0. The van der Waals surface area contributed by atoms with E-state index in [1.54, 1.807) is 0 Å². The molecule has 1 fully saturated rings. The summed E-state index contributed by atoms with van der Waals surface area (Å²) in [6.45, 7) is 8.86. The van der Waals surface area contributed by atoms with Crippen LogP contribution in [-0.2, 0) is 0 Å². The van der Waals surface area contributed by atoms with E-state index in [0.717, 1.165) is 25.7 Å². The first kappa shape index (κ1) is 12.8. The summed E-state index contributed by atoms with van der Waals surface area (Å²) in [7, 11) is -1.20. The number of nitrogens with zero attached hydrogens (tertiary/aromatic N) is 1. The third-order valence-corrected chi connectivity index (χ3v) is 3.74. The summed E-state index contributed by atoms with van der Waals surface area (Å²) in [4.78, 5) is 0. The maximum Gasteiger partial charge on any atom is 0.129 e. The molecular formula is C12H23NOSi. The van der Waals surface area contributed by atoms with Crippen molar-refractivity contribution in [2.45, 2.75) is 64.3 Å². The highest BCUT2D eigenvalue weighted by Crippen LogP contribution is 2.24. The van der Waals surface area contributed by atoms with Gasteiger partial charge in [0, 0.05) is 18.5 Å². The molecular weight excluding hydrogens is 202 g/mol. The molecule has 2 nitrogen and oxygen atoms in total. The van der Waals surface area contributed by atoms with Crippen LogP contribution in [0.3, 0.4) is 0 Å². The van der Waals surface area contributed by atoms with Crippen LogP contribution >= 0.6 is 0 Å². The predicted molar refractivity (Wildman–Crippen MR) is 66.5 cm³/mol. The molecule has 0 bridgehead atoms. The molecule has 1 aliphatic rings. The molecule has 15 heavy (non-hydrogen) atoms. The zero-order chi connectivity index (χ0) is 11.5. The molecule has 3 heteroatoms. The lowest BCUT2D eigenvalue weighted by molar-refractivity contribution is -0.130. The first-order valence-corrected chi connectivity index (χ1v) is 9.37. The first-order chi connectivity index (χ1) is 6.90. The van der Waals surface area contributed by atoms with Gasteiger partial charge < -0.3 is 5.21 Å². The number of hydroxylamine groups is 2. The van der Waals surface area contributed by atoms with E-state index in [1.165, 1.54) is 5.06 Å². The van der Waals surface area contributed by atoms with E-state index in [0.29, 0.717) is 12.1 Å². The molecule has 1 rings (SSSR count). The Labute approximate surface area is 94.6 Å². The number of hydrogen-bond donors (Lipinski definition) is 1. The number of hydrogen-bond acceptors (Lipinski definition) is 2. The minimum absolute atomic E-state index is 0.333. The van der Waals surface area contributed by atoms with Gasteiger partial charge in [0.1, 0.15) is 8.07 Å². The maximum absolute atomic E-state index is 9.71. The van der Waals surface area contributed by atoms with Crippen LogP contribution in [0.25, 0.3) is 0 Å². The van der Waals surface area contributed by atoms with Crippen molar-refractivity contribution in [1.29, 1.82) is 0 Å². The Hall–Kier alpha value is -0.303. The van der Waals surface area contributed by atoms with Gasteiger partial charge in [-0.3, -0.25) is 0 Å². The Balaban J connectivity index is 2.29. The molecule has 0 amide bonds. The Morgan fingerprint density at radius 3 is 2.47 bits per heavy atom. The monoisotopic (exact) mass is 225 g/mol. The molecule has 0 saturated carbocycles. The van der Waals surface area contributed by atoms with Gasteiger partial charge >= 0.3 is 0 Å². The molecule has 86 valence electrons. The van der Waals surface area contributed by atoms with E-state index in [2.05, 4.69) is 38.0 Å². The van der Waals surface area contributed by atoms with E-state index in [9.17, 15) is 5.21 Å². The lowest BCUT2D eigenvalue weighted by atomic mass is 10.1. The second kappa shape index (κ2) is 5.15. The quantitative estimate of drug-likeness (QED) is 0.577. The summed E-state index contributed by atoms with van der Waals surface area (Å²) in [5, 5.41) is 11.2. The third kappa shape index (κ3) is 4.37. The highest BCUT2D eigenvalue weighted by molar-refractivity contribution is 6.83. The Kier molecular flexibility index (Phi) is 4.39. The molecule has 1 heterocycles. The van der Waals surface area contributed by atoms with Crippen LogP contribution in [0.5, 0.6) is 0 Å². The summed E-state index contributed by atoms with van der Waals surface area (Å²) in [5.74, 6) is 3.26. The second-order valence-corrected chi connectivity index (χ2v) is 10.3. The fourth-order valence-corrected chi connectivity index (χ4v) is 2.56. The van der Waals surface area contributed by atoms with Gasteiger partial charge in [-0.25, -0.2) is 0 Å². The average Bonchev–Trinajstić information content (AvgIpc) is 2.42. The van der Waals surface area contributed by atoms with Gasteiger partial charge in [-0.2, -0.15) is 5.06 Å². The van der Waals surface area contributed by atoms with E-state index >= 15 is 0 Å². The van der Waals surface area contributed by atoms with Crippen LogP contribution in [-0.4, -0.2) is 30.4 Å². The molecule has 0 aromatic carbocycles. The molecule has 0 aromatic rings. The van der Waals surface area contributed by atoms with Gasteiger partial charge in [-0.1, -0.05) is 19.6 Å². The summed E-state index contributed by atoms with van der Waals surface area (Å²) in [5.41, 5.74) is 3.36. The molecule has 0 aromatic heterocycles. The van der Waals surface area contributed by atoms with Gasteiger partial charge in [0.25, 0.3) is 0 Å². The van der Waals surface area contributed by atoms with E-state index in [1.807, 2.05) is 0 Å². The topological polar surface area (TPSA) is 23.5 Å². The fourth-order valence-electron chi connectivity index (χ4n) is 1.90. The first-order valence-electron chi connectivity index (χ1n) is 5.87. The van der Waals surface area contributed by atoms with Gasteiger partial charge in [0.15, 0.2) is 0 Å². The Morgan fingerprint density at radius 1 is 1.33 bits per heavy atom. The molecule has 0 aliphatic carbocycles. The summed E-state index contributed by atoms with van der Waals surface area (Å²) < 4.78 is 0. The molecule has 0 spiro atoms. The maximum atomic E-state index is 9.71. The lowest BCUT2D eigenvalue weighted by Crippen LogP contribution is -2.30. The highest BCUT2D eigenvalue weighted by Gasteiger charge is 2.28. The minimum Gasteiger partial charge on any atom is -0.313 e. The number of rotatable bonds is 2. The zero-order valence-corrected chi connectivity index (χ0v) is 11.4. The third-order valence-electron chi connectivity index (χ3n) is 2.81. The summed E-state index contributed by atoms with van der Waals surface area (Å²) in [6, 6.07) is 0.677. The Morgan fingerprint density at radius 2 is 2.00 bits per heavy atom. The van der Waals surface area contributed by atoms with Crippen molar-refractivity contribution in [1.82, 2.24) is 5.06 Å². The van der Waals surface area contributed by atoms with Crippen LogP contribution in [0.1, 0.15) is 32.6 Å². The minimum atomic E-state index is -1.20. The van der Waals surface area contributed by atoms with Crippen LogP contribution < -0.4 is 0 Å². The molecule has 1 aliphatic heterocycles. The van der Waals surface area contributed by atoms with Crippen molar-refractivity contribution in [2.24, 2.45) is 0 Å². The fraction of sp³-hybridized carbons (Fsp3) is 0.833. The largest absolute Gasteiger partial charge is 0.313 e. The molecule has 0 radical (unpaired) electrons. The van der Waals surface area contributed by atoms with Crippen LogP contribution in [0.2, 0.25) is 19.6 Å². The average molecular weight is 225 g/mol. The van der Waals surface area contributed by atoms with Crippen LogP contribution in [0.15, 0.2) is 0 Å². The lowest BCUT2D eigenvalue weighted by Gasteiger charge is -2.20. The SMILES string of the molecule is CC1CCC(CCC#C[Si](C)(C)C)N1O. The van der Waals surface area contributed by atoms with Crippen molar-refractivity contribution in [3.63, 3.8) is 0 Å².